The summed E-state index contributed by atoms with van der Waals surface area (Å²) in [6, 6.07) is 5.70. The number of aromatic nitrogens is 2. The van der Waals surface area contributed by atoms with Crippen molar-refractivity contribution in [2.75, 3.05) is 0 Å². The highest BCUT2D eigenvalue weighted by molar-refractivity contribution is 14.1. The molecule has 102 valence electrons. The van der Waals surface area contributed by atoms with Crippen LogP contribution in [0.25, 0.3) is 11.5 Å². The molecule has 1 aromatic heterocycles. The average Bonchev–Trinajstić information content (AvgIpc) is 2.79. The van der Waals surface area contributed by atoms with Crippen molar-refractivity contribution in [1.82, 2.24) is 10.1 Å². The molecule has 1 atom stereocenters. The highest BCUT2D eigenvalue weighted by Gasteiger charge is 2.27. The molecule has 0 aliphatic heterocycles. The second kappa shape index (κ2) is 5.49. The Morgan fingerprint density at radius 3 is 2.68 bits per heavy atom. The van der Waals surface area contributed by atoms with Gasteiger partial charge in [-0.15, -0.1) is 0 Å². The van der Waals surface area contributed by atoms with E-state index >= 15 is 0 Å². The van der Waals surface area contributed by atoms with Gasteiger partial charge in [0.1, 0.15) is 0 Å². The molecule has 2 aromatic rings. The van der Waals surface area contributed by atoms with Crippen LogP contribution >= 0.6 is 38.5 Å². The van der Waals surface area contributed by atoms with E-state index in [-0.39, 0.29) is 11.5 Å². The summed E-state index contributed by atoms with van der Waals surface area (Å²) in [6.45, 7) is 6.15. The number of hydrogen-bond donors (Lipinski definition) is 1. The Labute approximate surface area is 134 Å². The number of nitrogens with two attached hydrogens (primary N) is 1. The van der Waals surface area contributed by atoms with Gasteiger partial charge >= 0.3 is 0 Å². The van der Waals surface area contributed by atoms with Crippen molar-refractivity contribution in [2.45, 2.75) is 26.8 Å². The Balaban J connectivity index is 2.39. The molecule has 0 aliphatic rings. The third kappa shape index (κ3) is 3.35. The van der Waals surface area contributed by atoms with E-state index in [2.05, 4.69) is 69.4 Å². The third-order valence-electron chi connectivity index (χ3n) is 2.81. The quantitative estimate of drug-likeness (QED) is 0.719. The fourth-order valence-electron chi connectivity index (χ4n) is 1.52. The summed E-state index contributed by atoms with van der Waals surface area (Å²) in [4.78, 5) is 4.41. The molecule has 0 spiro atoms. The normalized spacial score (nSPS) is 13.6. The van der Waals surface area contributed by atoms with Crippen molar-refractivity contribution in [2.24, 2.45) is 11.1 Å². The maximum Gasteiger partial charge on any atom is 0.259 e. The molecule has 6 heteroatoms. The van der Waals surface area contributed by atoms with Crippen molar-refractivity contribution in [3.05, 3.63) is 32.1 Å². The smallest absolute Gasteiger partial charge is 0.259 e. The van der Waals surface area contributed by atoms with Gasteiger partial charge in [0.2, 0.25) is 0 Å². The van der Waals surface area contributed by atoms with Crippen LogP contribution in [0.15, 0.2) is 27.2 Å². The predicted octanol–water partition coefficient (Wildman–Crippen LogP) is 4.15. The molecule has 0 saturated heterocycles. The fraction of sp³-hybridized carbons (Fsp3) is 0.385. The van der Waals surface area contributed by atoms with Gasteiger partial charge in [-0.05, 0) is 62.1 Å². The first-order chi connectivity index (χ1) is 8.79. The first-order valence-corrected chi connectivity index (χ1v) is 7.71. The summed E-state index contributed by atoms with van der Waals surface area (Å²) in [6.07, 6.45) is 0. The van der Waals surface area contributed by atoms with Crippen molar-refractivity contribution >= 4 is 38.5 Å². The number of hydrogen-bond acceptors (Lipinski definition) is 4. The minimum Gasteiger partial charge on any atom is -0.334 e. The third-order valence-corrected chi connectivity index (χ3v) is 4.17. The van der Waals surface area contributed by atoms with E-state index < -0.39 is 0 Å². The lowest BCUT2D eigenvalue weighted by Crippen LogP contribution is -2.27. The van der Waals surface area contributed by atoms with Crippen LogP contribution in [0.2, 0.25) is 0 Å². The van der Waals surface area contributed by atoms with Gasteiger partial charge in [0.05, 0.1) is 11.6 Å². The van der Waals surface area contributed by atoms with Gasteiger partial charge in [-0.1, -0.05) is 25.9 Å². The molecule has 0 fully saturated rings. The Bertz CT molecular complexity index is 592. The van der Waals surface area contributed by atoms with Crippen molar-refractivity contribution in [3.63, 3.8) is 0 Å². The largest absolute Gasteiger partial charge is 0.334 e. The van der Waals surface area contributed by atoms with Crippen molar-refractivity contribution in [1.29, 1.82) is 0 Å². The maximum absolute atomic E-state index is 6.13. The first-order valence-electron chi connectivity index (χ1n) is 5.83. The van der Waals surface area contributed by atoms with Gasteiger partial charge in [-0.3, -0.25) is 0 Å². The SMILES string of the molecule is CC(C)(C)C(N)c1noc(-c2cc(I)ccc2Br)n1. The van der Waals surface area contributed by atoms with Crippen LogP contribution in [-0.4, -0.2) is 10.1 Å². The zero-order valence-electron chi connectivity index (χ0n) is 10.9. The zero-order chi connectivity index (χ0) is 14.2. The van der Waals surface area contributed by atoms with Gasteiger partial charge in [0.15, 0.2) is 5.82 Å². The molecule has 1 heterocycles. The second-order valence-corrected chi connectivity index (χ2v) is 7.53. The molecule has 0 aliphatic carbocycles. The van der Waals surface area contributed by atoms with Gasteiger partial charge < -0.3 is 10.3 Å². The van der Waals surface area contributed by atoms with Gasteiger partial charge in [0, 0.05) is 8.04 Å². The molecule has 0 radical (unpaired) electrons. The maximum atomic E-state index is 6.13. The lowest BCUT2D eigenvalue weighted by molar-refractivity contribution is 0.303. The van der Waals surface area contributed by atoms with Crippen molar-refractivity contribution in [3.8, 4) is 11.5 Å². The van der Waals surface area contributed by atoms with Crippen LogP contribution in [0, 0.1) is 8.99 Å². The Morgan fingerprint density at radius 1 is 1.37 bits per heavy atom. The monoisotopic (exact) mass is 435 g/mol. The Hall–Kier alpha value is -0.470. The lowest BCUT2D eigenvalue weighted by Gasteiger charge is -2.23. The summed E-state index contributed by atoms with van der Waals surface area (Å²) >= 11 is 5.74. The zero-order valence-corrected chi connectivity index (χ0v) is 14.7. The molecule has 2 rings (SSSR count). The predicted molar refractivity (Wildman–Crippen MR) is 86.5 cm³/mol. The summed E-state index contributed by atoms with van der Waals surface area (Å²) in [5, 5.41) is 4.00. The van der Waals surface area contributed by atoms with E-state index in [1.54, 1.807) is 0 Å². The van der Waals surface area contributed by atoms with Crippen LogP contribution in [0.3, 0.4) is 0 Å². The molecule has 2 N–H and O–H groups in total. The second-order valence-electron chi connectivity index (χ2n) is 5.43. The first kappa shape index (κ1) is 14.9. The summed E-state index contributed by atoms with van der Waals surface area (Å²) in [5.74, 6) is 1.02. The van der Waals surface area contributed by atoms with E-state index in [1.807, 2.05) is 18.2 Å². The number of nitrogens with zero attached hydrogens (tertiary/aromatic N) is 2. The number of rotatable bonds is 2. The molecule has 1 unspecified atom stereocenters. The van der Waals surface area contributed by atoms with Gasteiger partial charge in [0.25, 0.3) is 5.89 Å². The minimum absolute atomic E-state index is 0.108. The van der Waals surface area contributed by atoms with Crippen LogP contribution in [0.1, 0.15) is 32.6 Å². The van der Waals surface area contributed by atoms with Crippen LogP contribution in [0.4, 0.5) is 0 Å². The minimum atomic E-state index is -0.258. The molecule has 0 amide bonds. The summed E-state index contributed by atoms with van der Waals surface area (Å²) in [5.41, 5.74) is 6.91. The molecule has 0 saturated carbocycles. The van der Waals surface area contributed by atoms with Crippen LogP contribution in [-0.2, 0) is 0 Å². The van der Waals surface area contributed by atoms with E-state index in [9.17, 15) is 0 Å². The van der Waals surface area contributed by atoms with E-state index in [1.165, 1.54) is 0 Å². The molecular formula is C13H15BrIN3O. The molecule has 1 aromatic carbocycles. The lowest BCUT2D eigenvalue weighted by atomic mass is 9.87. The number of benzene rings is 1. The van der Waals surface area contributed by atoms with E-state index in [0.717, 1.165) is 13.6 Å². The van der Waals surface area contributed by atoms with Crippen molar-refractivity contribution < 1.29 is 4.52 Å². The average molecular weight is 436 g/mol. The van der Waals surface area contributed by atoms with Crippen LogP contribution < -0.4 is 5.73 Å². The van der Waals surface area contributed by atoms with Gasteiger partial charge in [-0.25, -0.2) is 0 Å². The van der Waals surface area contributed by atoms with E-state index in [0.29, 0.717) is 11.7 Å². The fourth-order valence-corrected chi connectivity index (χ4v) is 2.43. The standard InChI is InChI=1S/C13H15BrIN3O/c1-13(2,3)10(16)11-17-12(19-18-11)8-6-7(15)4-5-9(8)14/h4-6,10H,16H2,1-3H3. The summed E-state index contributed by atoms with van der Waals surface area (Å²) < 4.78 is 7.36. The topological polar surface area (TPSA) is 64.9 Å². The molecule has 19 heavy (non-hydrogen) atoms. The summed E-state index contributed by atoms with van der Waals surface area (Å²) in [7, 11) is 0. The Morgan fingerprint density at radius 2 is 2.05 bits per heavy atom. The number of halogens is 2. The van der Waals surface area contributed by atoms with Crippen LogP contribution in [0.5, 0.6) is 0 Å². The molecular weight excluding hydrogens is 421 g/mol. The highest BCUT2D eigenvalue weighted by atomic mass is 127. The van der Waals surface area contributed by atoms with Gasteiger partial charge in [-0.2, -0.15) is 4.98 Å². The Kier molecular flexibility index (Phi) is 4.32. The van der Waals surface area contributed by atoms with E-state index in [4.69, 9.17) is 10.3 Å². The highest BCUT2D eigenvalue weighted by Crippen LogP contribution is 2.32. The molecule has 4 nitrogen and oxygen atoms in total. The molecule has 0 bridgehead atoms.